The van der Waals surface area contributed by atoms with Crippen molar-refractivity contribution in [2.24, 2.45) is 0 Å². The van der Waals surface area contributed by atoms with E-state index in [0.717, 1.165) is 29.9 Å². The van der Waals surface area contributed by atoms with Gasteiger partial charge in [-0.2, -0.15) is 0 Å². The number of aldehydes is 1. The highest BCUT2D eigenvalue weighted by molar-refractivity contribution is 6.00. The Hall–Kier alpha value is -2.36. The van der Waals surface area contributed by atoms with Crippen molar-refractivity contribution in [3.8, 4) is 5.75 Å². The molecular formula is C21H25NO3. The Bertz CT molecular complexity index is 733. The number of hydrogen-bond acceptors (Lipinski definition) is 3. The van der Waals surface area contributed by atoms with Gasteiger partial charge in [0.05, 0.1) is 5.56 Å². The maximum Gasteiger partial charge on any atom is 0.258 e. The van der Waals surface area contributed by atoms with Gasteiger partial charge in [0, 0.05) is 6.04 Å². The van der Waals surface area contributed by atoms with Gasteiger partial charge in [0.25, 0.3) is 5.91 Å². The number of fused-ring (bicyclic) bond motifs is 1. The molecule has 1 amide bonds. The highest BCUT2D eigenvalue weighted by Gasteiger charge is 2.15. The second-order valence-corrected chi connectivity index (χ2v) is 6.71. The molecule has 1 aliphatic carbocycles. The Balaban J connectivity index is 1.61. The van der Waals surface area contributed by atoms with Gasteiger partial charge in [0.2, 0.25) is 0 Å². The summed E-state index contributed by atoms with van der Waals surface area (Å²) >= 11 is 0. The molecule has 2 aromatic rings. The van der Waals surface area contributed by atoms with E-state index in [1.54, 1.807) is 6.07 Å². The SMILES string of the molecule is O=Cc1c(OCC(=O)NC2CCCCCCC2)ccc2ccccc12. The van der Waals surface area contributed by atoms with Crippen LogP contribution in [-0.2, 0) is 4.79 Å². The van der Waals surface area contributed by atoms with E-state index < -0.39 is 0 Å². The molecule has 0 atom stereocenters. The number of benzene rings is 2. The summed E-state index contributed by atoms with van der Waals surface area (Å²) in [6, 6.07) is 11.6. The summed E-state index contributed by atoms with van der Waals surface area (Å²) < 4.78 is 5.65. The number of ether oxygens (including phenoxy) is 1. The zero-order valence-electron chi connectivity index (χ0n) is 14.5. The molecule has 0 radical (unpaired) electrons. The summed E-state index contributed by atoms with van der Waals surface area (Å²) in [7, 11) is 0. The van der Waals surface area contributed by atoms with E-state index in [1.165, 1.54) is 32.1 Å². The summed E-state index contributed by atoms with van der Waals surface area (Å²) in [5.41, 5.74) is 0.497. The molecule has 0 aromatic heterocycles. The fourth-order valence-electron chi connectivity index (χ4n) is 3.54. The van der Waals surface area contributed by atoms with E-state index in [4.69, 9.17) is 4.74 Å². The molecule has 3 rings (SSSR count). The molecule has 2 aromatic carbocycles. The molecule has 0 unspecified atom stereocenters. The van der Waals surface area contributed by atoms with Crippen LogP contribution in [0.15, 0.2) is 36.4 Å². The summed E-state index contributed by atoms with van der Waals surface area (Å²) in [5, 5.41) is 4.90. The predicted molar refractivity (Wildman–Crippen MR) is 99.1 cm³/mol. The zero-order chi connectivity index (χ0) is 17.5. The first-order chi connectivity index (χ1) is 12.3. The first-order valence-corrected chi connectivity index (χ1v) is 9.17. The number of amides is 1. The summed E-state index contributed by atoms with van der Waals surface area (Å²) in [6.07, 6.45) is 9.04. The van der Waals surface area contributed by atoms with Gasteiger partial charge in [-0.05, 0) is 29.7 Å². The lowest BCUT2D eigenvalue weighted by Crippen LogP contribution is -2.38. The van der Waals surface area contributed by atoms with Crippen LogP contribution in [-0.4, -0.2) is 24.8 Å². The molecule has 0 aliphatic heterocycles. The van der Waals surface area contributed by atoms with E-state index in [2.05, 4.69) is 5.32 Å². The second-order valence-electron chi connectivity index (χ2n) is 6.71. The Kier molecular flexibility index (Phi) is 6.04. The van der Waals surface area contributed by atoms with E-state index in [9.17, 15) is 9.59 Å². The van der Waals surface area contributed by atoms with Crippen molar-refractivity contribution in [3.63, 3.8) is 0 Å². The molecule has 4 heteroatoms. The maximum atomic E-state index is 12.2. The highest BCUT2D eigenvalue weighted by atomic mass is 16.5. The van der Waals surface area contributed by atoms with Crippen LogP contribution in [0, 0.1) is 0 Å². The maximum absolute atomic E-state index is 12.2. The summed E-state index contributed by atoms with van der Waals surface area (Å²) in [6.45, 7) is -0.0598. The monoisotopic (exact) mass is 339 g/mol. The third kappa shape index (κ3) is 4.59. The normalized spacial score (nSPS) is 16.0. The van der Waals surface area contributed by atoms with E-state index in [1.807, 2.05) is 30.3 Å². The fourth-order valence-corrected chi connectivity index (χ4v) is 3.54. The van der Waals surface area contributed by atoms with E-state index >= 15 is 0 Å². The van der Waals surface area contributed by atoms with Crippen LogP contribution < -0.4 is 10.1 Å². The molecule has 1 N–H and O–H groups in total. The number of hydrogen-bond donors (Lipinski definition) is 1. The van der Waals surface area contributed by atoms with Gasteiger partial charge in [-0.1, -0.05) is 62.4 Å². The Morgan fingerprint density at radius 2 is 1.76 bits per heavy atom. The molecule has 0 saturated heterocycles. The average Bonchev–Trinajstić information content (AvgIpc) is 2.61. The second kappa shape index (κ2) is 8.65. The number of rotatable bonds is 5. The molecule has 4 nitrogen and oxygen atoms in total. The van der Waals surface area contributed by atoms with Crippen LogP contribution in [0.1, 0.15) is 55.3 Å². The zero-order valence-corrected chi connectivity index (χ0v) is 14.5. The van der Waals surface area contributed by atoms with Gasteiger partial charge < -0.3 is 10.1 Å². The van der Waals surface area contributed by atoms with Crippen LogP contribution in [0.25, 0.3) is 10.8 Å². The van der Waals surface area contributed by atoms with Gasteiger partial charge in [0.1, 0.15) is 5.75 Å². The lowest BCUT2D eigenvalue weighted by molar-refractivity contribution is -0.123. The number of carbonyl (C=O) groups is 2. The third-order valence-corrected chi connectivity index (χ3v) is 4.88. The van der Waals surface area contributed by atoms with Crippen molar-refractivity contribution in [1.29, 1.82) is 0 Å². The van der Waals surface area contributed by atoms with Crippen molar-refractivity contribution in [1.82, 2.24) is 5.32 Å². The van der Waals surface area contributed by atoms with Crippen molar-refractivity contribution in [2.75, 3.05) is 6.61 Å². The minimum atomic E-state index is -0.115. The lowest BCUT2D eigenvalue weighted by atomic mass is 9.97. The van der Waals surface area contributed by atoms with Crippen molar-refractivity contribution >= 4 is 23.0 Å². The third-order valence-electron chi connectivity index (χ3n) is 4.88. The molecule has 0 spiro atoms. The Morgan fingerprint density at radius 3 is 2.52 bits per heavy atom. The minimum absolute atomic E-state index is 0.0598. The quantitative estimate of drug-likeness (QED) is 0.828. The van der Waals surface area contributed by atoms with Gasteiger partial charge in [-0.15, -0.1) is 0 Å². The van der Waals surface area contributed by atoms with Gasteiger partial charge >= 0.3 is 0 Å². The topological polar surface area (TPSA) is 55.4 Å². The molecule has 1 fully saturated rings. The molecule has 0 bridgehead atoms. The molecular weight excluding hydrogens is 314 g/mol. The first kappa shape index (κ1) is 17.5. The Morgan fingerprint density at radius 1 is 1.04 bits per heavy atom. The van der Waals surface area contributed by atoms with Crippen molar-refractivity contribution < 1.29 is 14.3 Å². The highest BCUT2D eigenvalue weighted by Crippen LogP contribution is 2.26. The molecule has 1 saturated carbocycles. The summed E-state index contributed by atoms with van der Waals surface area (Å²) in [4.78, 5) is 23.7. The molecule has 0 heterocycles. The molecule has 132 valence electrons. The fraction of sp³-hybridized carbons (Fsp3) is 0.429. The smallest absolute Gasteiger partial charge is 0.258 e. The lowest BCUT2D eigenvalue weighted by Gasteiger charge is -2.21. The average molecular weight is 339 g/mol. The van der Waals surface area contributed by atoms with Gasteiger partial charge in [-0.3, -0.25) is 9.59 Å². The summed E-state index contributed by atoms with van der Waals surface area (Å²) in [5.74, 6) is 0.345. The number of carbonyl (C=O) groups excluding carboxylic acids is 2. The van der Waals surface area contributed by atoms with Crippen LogP contribution in [0.5, 0.6) is 5.75 Å². The van der Waals surface area contributed by atoms with Gasteiger partial charge in [-0.25, -0.2) is 0 Å². The molecule has 25 heavy (non-hydrogen) atoms. The van der Waals surface area contributed by atoms with Crippen molar-refractivity contribution in [3.05, 3.63) is 42.0 Å². The van der Waals surface area contributed by atoms with Crippen LogP contribution in [0.4, 0.5) is 0 Å². The number of nitrogens with one attached hydrogen (secondary N) is 1. The predicted octanol–water partition coefficient (Wildman–Crippen LogP) is 4.26. The molecule has 1 aliphatic rings. The largest absolute Gasteiger partial charge is 0.483 e. The van der Waals surface area contributed by atoms with Gasteiger partial charge in [0.15, 0.2) is 12.9 Å². The van der Waals surface area contributed by atoms with E-state index in [0.29, 0.717) is 11.3 Å². The minimum Gasteiger partial charge on any atom is -0.483 e. The van der Waals surface area contributed by atoms with Crippen LogP contribution in [0.3, 0.4) is 0 Å². The standard InChI is InChI=1S/C21H25NO3/c23-14-19-18-11-7-6-8-16(18)12-13-20(19)25-15-21(24)22-17-9-4-2-1-3-5-10-17/h6-8,11-14,17H,1-5,9-10,15H2,(H,22,24). The van der Waals surface area contributed by atoms with Crippen LogP contribution >= 0.6 is 0 Å². The van der Waals surface area contributed by atoms with Crippen LogP contribution in [0.2, 0.25) is 0 Å². The van der Waals surface area contributed by atoms with Crippen molar-refractivity contribution in [2.45, 2.75) is 51.0 Å². The van der Waals surface area contributed by atoms with E-state index in [-0.39, 0.29) is 18.6 Å². The first-order valence-electron chi connectivity index (χ1n) is 9.17. The Labute approximate surface area is 148 Å².